The summed E-state index contributed by atoms with van der Waals surface area (Å²) in [5.41, 5.74) is 3.87. The summed E-state index contributed by atoms with van der Waals surface area (Å²) in [6.07, 6.45) is 2.49. The number of aromatic nitrogens is 2. The van der Waals surface area contributed by atoms with Crippen LogP contribution in [-0.4, -0.2) is 35.6 Å². The molecule has 1 aromatic heterocycles. The predicted octanol–water partition coefficient (Wildman–Crippen LogP) is 5.17. The standard InChI is InChI=1S/C22H22ClN3O2/c1-2-28-22(27)20-19(15-5-9-17(23)10-6-15)24-21(25-20)16-7-11-18(12-8-16)26-13-3-4-14-26/h5-12H,2-4,13-14H2,1H3,(H,24,25). The van der Waals surface area contributed by atoms with E-state index in [2.05, 4.69) is 22.0 Å². The predicted molar refractivity (Wildman–Crippen MR) is 112 cm³/mol. The van der Waals surface area contributed by atoms with Gasteiger partial charge in [0.2, 0.25) is 0 Å². The van der Waals surface area contributed by atoms with Gasteiger partial charge in [0.15, 0.2) is 5.69 Å². The number of ether oxygens (including phenoxy) is 1. The van der Waals surface area contributed by atoms with Crippen molar-refractivity contribution in [3.8, 4) is 22.6 Å². The molecule has 0 spiro atoms. The summed E-state index contributed by atoms with van der Waals surface area (Å²) in [7, 11) is 0. The van der Waals surface area contributed by atoms with Gasteiger partial charge in [-0.3, -0.25) is 0 Å². The lowest BCUT2D eigenvalue weighted by molar-refractivity contribution is 0.0521. The number of imidazole rings is 1. The Morgan fingerprint density at radius 3 is 2.36 bits per heavy atom. The summed E-state index contributed by atoms with van der Waals surface area (Å²) >= 11 is 6.00. The molecule has 1 N–H and O–H groups in total. The Labute approximate surface area is 169 Å². The number of carbonyl (C=O) groups excluding carboxylic acids is 1. The van der Waals surface area contributed by atoms with Crippen molar-refractivity contribution in [2.24, 2.45) is 0 Å². The molecule has 0 unspecified atom stereocenters. The van der Waals surface area contributed by atoms with Crippen molar-refractivity contribution in [2.45, 2.75) is 19.8 Å². The van der Waals surface area contributed by atoms with Crippen LogP contribution in [0.2, 0.25) is 5.02 Å². The Balaban J connectivity index is 1.70. The highest BCUT2D eigenvalue weighted by Gasteiger charge is 2.21. The first-order chi connectivity index (χ1) is 13.7. The molecule has 0 atom stereocenters. The van der Waals surface area contributed by atoms with Crippen molar-refractivity contribution < 1.29 is 9.53 Å². The highest BCUT2D eigenvalue weighted by molar-refractivity contribution is 6.30. The van der Waals surface area contributed by atoms with Gasteiger partial charge in [-0.25, -0.2) is 9.78 Å². The molecule has 0 radical (unpaired) electrons. The molecule has 4 rings (SSSR count). The zero-order valence-corrected chi connectivity index (χ0v) is 16.5. The first kappa shape index (κ1) is 18.6. The summed E-state index contributed by atoms with van der Waals surface area (Å²) in [5.74, 6) is 0.223. The number of esters is 1. The minimum absolute atomic E-state index is 0.303. The number of H-pyrrole nitrogens is 1. The van der Waals surface area contributed by atoms with E-state index in [9.17, 15) is 4.79 Å². The number of nitrogens with one attached hydrogen (secondary N) is 1. The third-order valence-corrected chi connectivity index (χ3v) is 5.16. The third-order valence-electron chi connectivity index (χ3n) is 4.91. The highest BCUT2D eigenvalue weighted by Crippen LogP contribution is 2.29. The number of hydrogen-bond acceptors (Lipinski definition) is 4. The molecule has 0 amide bonds. The fraction of sp³-hybridized carbons (Fsp3) is 0.273. The van der Waals surface area contributed by atoms with Crippen LogP contribution < -0.4 is 4.90 Å². The van der Waals surface area contributed by atoms with Crippen molar-refractivity contribution in [3.05, 3.63) is 59.2 Å². The third kappa shape index (κ3) is 3.76. The van der Waals surface area contributed by atoms with Gasteiger partial charge in [-0.1, -0.05) is 23.7 Å². The molecule has 1 fully saturated rings. The smallest absolute Gasteiger partial charge is 0.357 e. The lowest BCUT2D eigenvalue weighted by Crippen LogP contribution is -2.17. The minimum Gasteiger partial charge on any atom is -0.461 e. The van der Waals surface area contributed by atoms with Crippen LogP contribution in [0.15, 0.2) is 48.5 Å². The van der Waals surface area contributed by atoms with Crippen LogP contribution in [0.4, 0.5) is 5.69 Å². The van der Waals surface area contributed by atoms with Crippen molar-refractivity contribution in [3.63, 3.8) is 0 Å². The molecule has 2 aromatic carbocycles. The van der Waals surface area contributed by atoms with E-state index in [0.29, 0.717) is 28.8 Å². The lowest BCUT2D eigenvalue weighted by atomic mass is 10.1. The van der Waals surface area contributed by atoms with E-state index in [1.165, 1.54) is 18.5 Å². The normalized spacial score (nSPS) is 13.7. The molecule has 1 saturated heterocycles. The molecule has 0 saturated carbocycles. The molecule has 6 heteroatoms. The average Bonchev–Trinajstić information content (AvgIpc) is 3.39. The van der Waals surface area contributed by atoms with E-state index < -0.39 is 5.97 Å². The number of halogens is 1. The minimum atomic E-state index is -0.417. The molecule has 2 heterocycles. The van der Waals surface area contributed by atoms with Crippen LogP contribution >= 0.6 is 11.6 Å². The first-order valence-electron chi connectivity index (χ1n) is 9.54. The maximum Gasteiger partial charge on any atom is 0.357 e. The van der Waals surface area contributed by atoms with Gasteiger partial charge in [-0.2, -0.15) is 0 Å². The van der Waals surface area contributed by atoms with Crippen LogP contribution in [0.5, 0.6) is 0 Å². The van der Waals surface area contributed by atoms with Crippen molar-refractivity contribution in [1.82, 2.24) is 9.97 Å². The van der Waals surface area contributed by atoms with Gasteiger partial charge < -0.3 is 14.6 Å². The second kappa shape index (κ2) is 8.07. The molecule has 144 valence electrons. The second-order valence-electron chi connectivity index (χ2n) is 6.78. The van der Waals surface area contributed by atoms with E-state index in [-0.39, 0.29) is 0 Å². The average molecular weight is 396 g/mol. The van der Waals surface area contributed by atoms with E-state index >= 15 is 0 Å². The second-order valence-corrected chi connectivity index (χ2v) is 7.21. The summed E-state index contributed by atoms with van der Waals surface area (Å²) in [4.78, 5) is 22.7. The Hall–Kier alpha value is -2.79. The van der Waals surface area contributed by atoms with E-state index in [1.807, 2.05) is 24.3 Å². The molecule has 5 nitrogen and oxygen atoms in total. The Morgan fingerprint density at radius 1 is 1.07 bits per heavy atom. The van der Waals surface area contributed by atoms with Crippen LogP contribution in [0, 0.1) is 0 Å². The van der Waals surface area contributed by atoms with Crippen LogP contribution in [0.1, 0.15) is 30.3 Å². The van der Waals surface area contributed by atoms with E-state index in [4.69, 9.17) is 21.3 Å². The zero-order valence-electron chi connectivity index (χ0n) is 15.7. The number of nitrogens with zero attached hydrogens (tertiary/aromatic N) is 2. The molecular weight excluding hydrogens is 374 g/mol. The topological polar surface area (TPSA) is 58.2 Å². The Kier molecular flexibility index (Phi) is 5.35. The molecular formula is C22H22ClN3O2. The van der Waals surface area contributed by atoms with Gasteiger partial charge in [-0.05, 0) is 56.2 Å². The monoisotopic (exact) mass is 395 g/mol. The SMILES string of the molecule is CCOC(=O)c1[nH]c(-c2ccc(N3CCCC3)cc2)nc1-c1ccc(Cl)cc1. The van der Waals surface area contributed by atoms with Gasteiger partial charge in [0, 0.05) is 34.9 Å². The fourth-order valence-electron chi connectivity index (χ4n) is 3.48. The lowest BCUT2D eigenvalue weighted by Gasteiger charge is -2.17. The number of benzene rings is 2. The van der Waals surface area contributed by atoms with Crippen molar-refractivity contribution >= 4 is 23.3 Å². The molecule has 1 aliphatic heterocycles. The van der Waals surface area contributed by atoms with Crippen LogP contribution in [0.3, 0.4) is 0 Å². The number of hydrogen-bond donors (Lipinski definition) is 1. The van der Waals surface area contributed by atoms with Gasteiger partial charge >= 0.3 is 5.97 Å². The Bertz CT molecular complexity index is 958. The largest absolute Gasteiger partial charge is 0.461 e. The van der Waals surface area contributed by atoms with E-state index in [1.54, 1.807) is 19.1 Å². The summed E-state index contributed by atoms with van der Waals surface area (Å²) < 4.78 is 5.21. The molecule has 3 aromatic rings. The summed E-state index contributed by atoms with van der Waals surface area (Å²) in [6, 6.07) is 15.5. The quantitative estimate of drug-likeness (QED) is 0.605. The van der Waals surface area contributed by atoms with Crippen LogP contribution in [0.25, 0.3) is 22.6 Å². The maximum absolute atomic E-state index is 12.5. The summed E-state index contributed by atoms with van der Waals surface area (Å²) in [6.45, 7) is 4.30. The van der Waals surface area contributed by atoms with Gasteiger partial charge in [0.25, 0.3) is 0 Å². The van der Waals surface area contributed by atoms with Crippen molar-refractivity contribution in [1.29, 1.82) is 0 Å². The summed E-state index contributed by atoms with van der Waals surface area (Å²) in [5, 5.41) is 0.634. The van der Waals surface area contributed by atoms with Gasteiger partial charge in [-0.15, -0.1) is 0 Å². The number of anilines is 1. The van der Waals surface area contributed by atoms with Gasteiger partial charge in [0.05, 0.1) is 6.61 Å². The van der Waals surface area contributed by atoms with Crippen LogP contribution in [-0.2, 0) is 4.74 Å². The van der Waals surface area contributed by atoms with E-state index in [0.717, 1.165) is 24.2 Å². The van der Waals surface area contributed by atoms with Gasteiger partial charge in [0.1, 0.15) is 11.5 Å². The van der Waals surface area contributed by atoms with Crippen molar-refractivity contribution in [2.75, 3.05) is 24.6 Å². The molecule has 1 aliphatic rings. The maximum atomic E-state index is 12.5. The first-order valence-corrected chi connectivity index (χ1v) is 9.92. The molecule has 0 bridgehead atoms. The number of carbonyl (C=O) groups is 1. The zero-order chi connectivity index (χ0) is 19.5. The molecule has 0 aliphatic carbocycles. The highest BCUT2D eigenvalue weighted by atomic mass is 35.5. The Morgan fingerprint density at radius 2 is 1.71 bits per heavy atom. The molecule has 28 heavy (non-hydrogen) atoms. The number of rotatable bonds is 5. The number of aromatic amines is 1. The fourth-order valence-corrected chi connectivity index (χ4v) is 3.61.